The molecule has 0 aromatic heterocycles. The molecule has 1 aliphatic carbocycles. The van der Waals surface area contributed by atoms with Crippen LogP contribution in [-0.2, 0) is 12.0 Å². The van der Waals surface area contributed by atoms with Gasteiger partial charge in [0.05, 0.1) is 35.5 Å². The van der Waals surface area contributed by atoms with Crippen LogP contribution in [0.2, 0.25) is 0 Å². The van der Waals surface area contributed by atoms with Gasteiger partial charge in [0.2, 0.25) is 5.75 Å². The summed E-state index contributed by atoms with van der Waals surface area (Å²) in [7, 11) is 7.95. The number of ether oxygens (including phenoxy) is 5. The minimum Gasteiger partial charge on any atom is -0.493 e. The molecule has 0 amide bonds. The van der Waals surface area contributed by atoms with Crippen molar-refractivity contribution >= 4 is 0 Å². The number of fused-ring (bicyclic) bond motifs is 1. The van der Waals surface area contributed by atoms with Crippen LogP contribution >= 0.6 is 0 Å². The third kappa shape index (κ3) is 3.22. The molecule has 1 atom stereocenters. The Hall–Kier alpha value is -2.60. The Morgan fingerprint density at radius 1 is 0.750 bits per heavy atom. The summed E-state index contributed by atoms with van der Waals surface area (Å²) in [5.41, 5.74) is 1.27. The molecule has 1 aliphatic rings. The number of hydrogen-bond donors (Lipinski definition) is 1. The molecule has 0 spiro atoms. The van der Waals surface area contributed by atoms with Crippen molar-refractivity contribution in [3.8, 4) is 28.7 Å². The average molecular weight is 388 g/mol. The second-order valence-electron chi connectivity index (χ2n) is 6.81. The molecule has 0 saturated carbocycles. The van der Waals surface area contributed by atoms with Crippen molar-refractivity contribution in [3.05, 3.63) is 41.0 Å². The minimum atomic E-state index is -1.21. The highest BCUT2D eigenvalue weighted by molar-refractivity contribution is 5.59. The van der Waals surface area contributed by atoms with Crippen molar-refractivity contribution < 1.29 is 28.8 Å². The molecular formula is C22H28O6. The first-order chi connectivity index (χ1) is 13.5. The van der Waals surface area contributed by atoms with Crippen LogP contribution < -0.4 is 23.7 Å². The fraction of sp³-hybridized carbons (Fsp3) is 0.455. The van der Waals surface area contributed by atoms with E-state index in [0.29, 0.717) is 40.7 Å². The summed E-state index contributed by atoms with van der Waals surface area (Å²) in [6.07, 6.45) is 3.20. The molecule has 3 rings (SSSR count). The molecule has 0 saturated heterocycles. The van der Waals surface area contributed by atoms with Crippen molar-refractivity contribution in [3.63, 3.8) is 0 Å². The molecule has 0 radical (unpaired) electrons. The van der Waals surface area contributed by atoms with Gasteiger partial charge >= 0.3 is 0 Å². The molecule has 2 aromatic rings. The number of methoxy groups -OCH3 is 5. The molecule has 0 aliphatic heterocycles. The summed E-state index contributed by atoms with van der Waals surface area (Å²) >= 11 is 0. The van der Waals surface area contributed by atoms with Gasteiger partial charge in [0.25, 0.3) is 0 Å². The van der Waals surface area contributed by atoms with Crippen LogP contribution in [0.15, 0.2) is 24.3 Å². The van der Waals surface area contributed by atoms with Gasteiger partial charge in [-0.25, -0.2) is 0 Å². The fourth-order valence-corrected chi connectivity index (χ4v) is 4.06. The minimum absolute atomic E-state index is 0.499. The summed E-state index contributed by atoms with van der Waals surface area (Å²) in [6, 6.07) is 7.39. The Balaban J connectivity index is 2.25. The van der Waals surface area contributed by atoms with Gasteiger partial charge in [-0.2, -0.15) is 0 Å². The van der Waals surface area contributed by atoms with Gasteiger partial charge in [0, 0.05) is 5.56 Å². The van der Waals surface area contributed by atoms with E-state index in [1.807, 2.05) is 24.3 Å². The maximum atomic E-state index is 11.9. The van der Waals surface area contributed by atoms with E-state index in [1.165, 1.54) is 0 Å². The van der Waals surface area contributed by atoms with Crippen molar-refractivity contribution in [1.29, 1.82) is 0 Å². The van der Waals surface area contributed by atoms with Gasteiger partial charge in [-0.3, -0.25) is 0 Å². The summed E-state index contributed by atoms with van der Waals surface area (Å²) in [5.74, 6) is 2.86. The van der Waals surface area contributed by atoms with Crippen molar-refractivity contribution in [2.24, 2.45) is 0 Å². The Morgan fingerprint density at radius 3 is 1.89 bits per heavy atom. The highest BCUT2D eigenvalue weighted by Crippen LogP contribution is 2.48. The standard InChI is InChI=1S/C22H28O6/c1-24-17-10-9-16-15(20(17)27-4)8-6-7-11-22(16,23)14-12-18(25-2)21(28-5)19(13-14)26-3/h9-10,12-13,23H,6-8,11H2,1-5H3. The second kappa shape index (κ2) is 8.19. The summed E-state index contributed by atoms with van der Waals surface area (Å²) < 4.78 is 27.5. The molecule has 0 fully saturated rings. The number of hydrogen-bond acceptors (Lipinski definition) is 6. The van der Waals surface area contributed by atoms with E-state index in [1.54, 1.807) is 35.5 Å². The van der Waals surface area contributed by atoms with Crippen molar-refractivity contribution in [2.45, 2.75) is 31.3 Å². The summed E-state index contributed by atoms with van der Waals surface area (Å²) in [6.45, 7) is 0. The number of aliphatic hydroxyl groups is 1. The SMILES string of the molecule is COc1cc(C2(O)CCCCc3c2ccc(OC)c3OC)cc(OC)c1OC. The lowest BCUT2D eigenvalue weighted by Gasteiger charge is -2.31. The lowest BCUT2D eigenvalue weighted by molar-refractivity contribution is 0.0696. The average Bonchev–Trinajstić information content (AvgIpc) is 2.91. The Bertz CT molecular complexity index is 822. The van der Waals surface area contributed by atoms with Crippen LogP contribution in [0.4, 0.5) is 0 Å². The van der Waals surface area contributed by atoms with E-state index >= 15 is 0 Å². The second-order valence-corrected chi connectivity index (χ2v) is 6.81. The first-order valence-corrected chi connectivity index (χ1v) is 9.31. The Labute approximate surface area is 165 Å². The van der Waals surface area contributed by atoms with Crippen molar-refractivity contribution in [1.82, 2.24) is 0 Å². The smallest absolute Gasteiger partial charge is 0.203 e. The maximum absolute atomic E-state index is 11.9. The normalized spacial score (nSPS) is 18.6. The van der Waals surface area contributed by atoms with Crippen LogP contribution in [0, 0.1) is 0 Å². The predicted molar refractivity (Wildman–Crippen MR) is 106 cm³/mol. The molecule has 0 bridgehead atoms. The third-order valence-electron chi connectivity index (χ3n) is 5.45. The molecular weight excluding hydrogens is 360 g/mol. The lowest BCUT2D eigenvalue weighted by atomic mass is 9.81. The van der Waals surface area contributed by atoms with Crippen LogP contribution in [0.5, 0.6) is 28.7 Å². The van der Waals surface area contributed by atoms with Gasteiger partial charge in [-0.1, -0.05) is 6.07 Å². The lowest BCUT2D eigenvalue weighted by Crippen LogP contribution is -2.28. The quantitative estimate of drug-likeness (QED) is 0.762. The Morgan fingerprint density at radius 2 is 1.36 bits per heavy atom. The van der Waals surface area contributed by atoms with E-state index in [9.17, 15) is 5.11 Å². The first-order valence-electron chi connectivity index (χ1n) is 9.31. The van der Waals surface area contributed by atoms with Gasteiger partial charge in [-0.05, 0) is 55.0 Å². The van der Waals surface area contributed by atoms with Crippen LogP contribution in [0.1, 0.15) is 36.0 Å². The molecule has 1 unspecified atom stereocenters. The van der Waals surface area contributed by atoms with Crippen LogP contribution in [0.3, 0.4) is 0 Å². The fourth-order valence-electron chi connectivity index (χ4n) is 4.06. The van der Waals surface area contributed by atoms with E-state index in [4.69, 9.17) is 23.7 Å². The van der Waals surface area contributed by atoms with E-state index < -0.39 is 5.60 Å². The maximum Gasteiger partial charge on any atom is 0.203 e. The van der Waals surface area contributed by atoms with E-state index in [2.05, 4.69) is 0 Å². The van der Waals surface area contributed by atoms with E-state index in [-0.39, 0.29) is 0 Å². The van der Waals surface area contributed by atoms with Gasteiger partial charge < -0.3 is 28.8 Å². The molecule has 0 heterocycles. The molecule has 28 heavy (non-hydrogen) atoms. The molecule has 6 nitrogen and oxygen atoms in total. The van der Waals surface area contributed by atoms with Crippen LogP contribution in [-0.4, -0.2) is 40.7 Å². The molecule has 2 aromatic carbocycles. The summed E-state index contributed by atoms with van der Waals surface area (Å²) in [4.78, 5) is 0. The van der Waals surface area contributed by atoms with Crippen molar-refractivity contribution in [2.75, 3.05) is 35.5 Å². The monoisotopic (exact) mass is 388 g/mol. The molecule has 152 valence electrons. The molecule has 6 heteroatoms. The third-order valence-corrected chi connectivity index (χ3v) is 5.45. The zero-order valence-corrected chi connectivity index (χ0v) is 17.1. The van der Waals surface area contributed by atoms with Gasteiger partial charge in [-0.15, -0.1) is 0 Å². The van der Waals surface area contributed by atoms with Crippen LogP contribution in [0.25, 0.3) is 0 Å². The first kappa shape index (κ1) is 20.1. The highest BCUT2D eigenvalue weighted by atomic mass is 16.5. The zero-order valence-electron chi connectivity index (χ0n) is 17.1. The topological polar surface area (TPSA) is 66.4 Å². The van der Waals surface area contributed by atoms with E-state index in [0.717, 1.165) is 30.4 Å². The predicted octanol–water partition coefficient (Wildman–Crippen LogP) is 3.69. The van der Waals surface area contributed by atoms with Gasteiger partial charge in [0.1, 0.15) is 5.60 Å². The largest absolute Gasteiger partial charge is 0.493 e. The zero-order chi connectivity index (χ0) is 20.3. The highest BCUT2D eigenvalue weighted by Gasteiger charge is 2.38. The summed E-state index contributed by atoms with van der Waals surface area (Å²) in [5, 5.41) is 11.9. The van der Waals surface area contributed by atoms with Gasteiger partial charge in [0.15, 0.2) is 23.0 Å². The Kier molecular flexibility index (Phi) is 5.89. The number of benzene rings is 2. The molecule has 1 N–H and O–H groups in total. The number of rotatable bonds is 6.